The second-order valence-electron chi connectivity index (χ2n) is 16.2. The van der Waals surface area contributed by atoms with Crippen LogP contribution in [-0.2, 0) is 31.8 Å². The zero-order valence-corrected chi connectivity index (χ0v) is 30.0. The first-order valence-electron chi connectivity index (χ1n) is 19.4. The summed E-state index contributed by atoms with van der Waals surface area (Å²) < 4.78 is 18.1. The number of aliphatic hydroxyl groups excluding tert-OH is 1. The number of ether oxygens (including phenoxy) is 3. The van der Waals surface area contributed by atoms with Gasteiger partial charge in [0.15, 0.2) is 11.5 Å². The number of aliphatic hydroxyl groups is 1. The van der Waals surface area contributed by atoms with Gasteiger partial charge in [-0.25, -0.2) is 4.79 Å². The molecule has 6 heteroatoms. The molecular weight excluding hydrogens is 598 g/mol. The first kappa shape index (κ1) is 33.9. The zero-order chi connectivity index (χ0) is 33.4. The molecule has 1 N–H and O–H groups in total. The van der Waals surface area contributed by atoms with E-state index in [0.717, 1.165) is 50.8 Å². The third-order valence-corrected chi connectivity index (χ3v) is 13.4. The maximum Gasteiger partial charge on any atom is 0.343 e. The Balaban J connectivity index is 1.18. The predicted octanol–water partition coefficient (Wildman–Crippen LogP) is 8.78. The molecule has 1 spiro atoms. The van der Waals surface area contributed by atoms with Gasteiger partial charge in [-0.2, -0.15) is 0 Å². The van der Waals surface area contributed by atoms with Crippen LogP contribution in [0.15, 0.2) is 59.0 Å². The molecule has 1 aromatic carbocycles. The third kappa shape index (κ3) is 6.41. The summed E-state index contributed by atoms with van der Waals surface area (Å²) in [6.45, 7) is 7.20. The Morgan fingerprint density at radius 3 is 2.67 bits per heavy atom. The number of nitrogens with zero attached hydrogens (tertiary/aromatic N) is 1. The molecule has 0 bridgehead atoms. The van der Waals surface area contributed by atoms with E-state index in [1.165, 1.54) is 75.3 Å². The molecule has 7 unspecified atom stereocenters. The largest absolute Gasteiger partial charge is 0.492 e. The highest BCUT2D eigenvalue weighted by atomic mass is 16.6. The molecule has 262 valence electrons. The summed E-state index contributed by atoms with van der Waals surface area (Å²) in [7, 11) is 1.59. The number of unbranched alkanes of at least 4 members (excludes halogenated alkanes) is 2. The number of esters is 1. The molecule has 6 aliphatic rings. The summed E-state index contributed by atoms with van der Waals surface area (Å²) in [5, 5.41) is 12.3. The van der Waals surface area contributed by atoms with Crippen LogP contribution in [0, 0.1) is 29.1 Å². The topological polar surface area (TPSA) is 68.2 Å². The van der Waals surface area contributed by atoms with E-state index in [1.807, 2.05) is 0 Å². The SMILES string of the molecule is CCCCCc1cccc(CC2CC(C(O)CC3CCCC34CCCC4)N3CCC=C4OC(=C5OC(=O)C(C)=C5OC)C(C)C4C3C2)c1. The number of hydrogen-bond donors (Lipinski definition) is 1. The molecule has 6 nitrogen and oxygen atoms in total. The number of aryl methyl sites for hydroxylation is 1. The lowest BCUT2D eigenvalue weighted by Gasteiger charge is -2.49. The highest BCUT2D eigenvalue weighted by molar-refractivity contribution is 5.93. The van der Waals surface area contributed by atoms with Crippen LogP contribution in [0.1, 0.15) is 122 Å². The van der Waals surface area contributed by atoms with E-state index in [1.54, 1.807) is 14.0 Å². The Kier molecular flexibility index (Phi) is 10.1. The van der Waals surface area contributed by atoms with Crippen LogP contribution < -0.4 is 0 Å². The van der Waals surface area contributed by atoms with Crippen LogP contribution in [0.25, 0.3) is 0 Å². The van der Waals surface area contributed by atoms with E-state index in [-0.39, 0.29) is 36.0 Å². The minimum Gasteiger partial charge on any atom is -0.492 e. The van der Waals surface area contributed by atoms with Crippen molar-refractivity contribution in [3.63, 3.8) is 0 Å². The molecule has 4 aliphatic heterocycles. The molecule has 0 amide bonds. The van der Waals surface area contributed by atoms with E-state index in [2.05, 4.69) is 49.1 Å². The maximum atomic E-state index is 12.6. The molecule has 4 heterocycles. The summed E-state index contributed by atoms with van der Waals surface area (Å²) in [5.41, 5.74) is 3.86. The van der Waals surface area contributed by atoms with Crippen molar-refractivity contribution in [3.05, 3.63) is 70.1 Å². The van der Waals surface area contributed by atoms with Gasteiger partial charge >= 0.3 is 5.97 Å². The van der Waals surface area contributed by atoms with Gasteiger partial charge in [0.05, 0.1) is 18.8 Å². The number of cyclic esters (lactones) is 1. The van der Waals surface area contributed by atoms with E-state index >= 15 is 0 Å². The standard InChI is InChI=1S/C42H59NO5/c1-5-6-7-13-29-14-10-15-30(22-29)23-31-24-33(35(44)26-32-16-11-20-42(32)18-8-9-19-42)43-21-12-17-36-37(34(43)25-31)27(2)39(47-36)40-38(46-4)28(3)41(45)48-40/h10,14-15,17,22,27,31-35,37,44H,5-9,11-13,16,18-21,23-26H2,1-4H3. The van der Waals surface area contributed by atoms with Crippen LogP contribution >= 0.6 is 0 Å². The van der Waals surface area contributed by atoms with E-state index in [4.69, 9.17) is 14.2 Å². The first-order chi connectivity index (χ1) is 23.3. The number of carbonyl (C=O) groups is 1. The molecular formula is C42H59NO5. The molecule has 2 aliphatic carbocycles. The minimum atomic E-state index is -0.363. The Hall–Kier alpha value is -2.57. The molecule has 48 heavy (non-hydrogen) atoms. The number of allylic oxidation sites excluding steroid dienone is 1. The fourth-order valence-corrected chi connectivity index (χ4v) is 11.0. The smallest absolute Gasteiger partial charge is 0.343 e. The van der Waals surface area contributed by atoms with Crippen molar-refractivity contribution in [2.24, 2.45) is 29.1 Å². The fourth-order valence-electron chi connectivity index (χ4n) is 11.0. The lowest BCUT2D eigenvalue weighted by molar-refractivity contribution is -0.133. The molecule has 7 atom stereocenters. The maximum absolute atomic E-state index is 12.6. The Morgan fingerprint density at radius 1 is 1.08 bits per heavy atom. The molecule has 1 aromatic rings. The van der Waals surface area contributed by atoms with Crippen molar-refractivity contribution in [2.45, 2.75) is 142 Å². The van der Waals surface area contributed by atoms with Gasteiger partial charge in [0.25, 0.3) is 0 Å². The molecule has 2 saturated carbocycles. The van der Waals surface area contributed by atoms with Crippen LogP contribution in [0.5, 0.6) is 0 Å². The van der Waals surface area contributed by atoms with Crippen molar-refractivity contribution in [2.75, 3.05) is 13.7 Å². The number of methoxy groups -OCH3 is 1. The molecule has 0 radical (unpaired) electrons. The number of fused-ring (bicyclic) bond motifs is 3. The quantitative estimate of drug-likeness (QED) is 0.200. The lowest BCUT2D eigenvalue weighted by Crippen LogP contribution is -2.57. The molecule has 2 saturated heterocycles. The van der Waals surface area contributed by atoms with Crippen molar-refractivity contribution in [1.29, 1.82) is 0 Å². The van der Waals surface area contributed by atoms with E-state index in [9.17, 15) is 9.90 Å². The molecule has 0 aromatic heterocycles. The number of rotatable bonds is 10. The van der Waals surface area contributed by atoms with Gasteiger partial charge in [-0.15, -0.1) is 0 Å². The second kappa shape index (κ2) is 14.3. The van der Waals surface area contributed by atoms with Crippen molar-refractivity contribution in [3.8, 4) is 0 Å². The number of piperidine rings is 1. The summed E-state index contributed by atoms with van der Waals surface area (Å²) >= 11 is 0. The summed E-state index contributed by atoms with van der Waals surface area (Å²) in [6.07, 6.45) is 21.3. The Labute approximate surface area is 289 Å². The summed E-state index contributed by atoms with van der Waals surface area (Å²) in [5.74, 6) is 3.57. The Bertz CT molecular complexity index is 1430. The third-order valence-electron chi connectivity index (χ3n) is 13.4. The van der Waals surface area contributed by atoms with Gasteiger partial charge in [-0.05, 0) is 112 Å². The predicted molar refractivity (Wildman–Crippen MR) is 189 cm³/mol. The first-order valence-corrected chi connectivity index (χ1v) is 19.4. The van der Waals surface area contributed by atoms with E-state index in [0.29, 0.717) is 40.1 Å². The summed E-state index contributed by atoms with van der Waals surface area (Å²) in [6, 6.07) is 9.70. The monoisotopic (exact) mass is 657 g/mol. The fraction of sp³-hybridized carbons (Fsp3) is 0.690. The number of carbonyl (C=O) groups excluding carboxylic acids is 1. The van der Waals surface area contributed by atoms with Crippen LogP contribution in [0.3, 0.4) is 0 Å². The highest BCUT2D eigenvalue weighted by Gasteiger charge is 2.52. The normalized spacial score (nSPS) is 33.7. The van der Waals surface area contributed by atoms with Gasteiger partial charge in [0.1, 0.15) is 5.76 Å². The Morgan fingerprint density at radius 2 is 1.88 bits per heavy atom. The highest BCUT2D eigenvalue weighted by Crippen LogP contribution is 2.56. The molecule has 4 fully saturated rings. The van der Waals surface area contributed by atoms with Crippen LogP contribution in [0.2, 0.25) is 0 Å². The van der Waals surface area contributed by atoms with Gasteiger partial charge < -0.3 is 19.3 Å². The van der Waals surface area contributed by atoms with Gasteiger partial charge in [-0.1, -0.05) is 70.2 Å². The van der Waals surface area contributed by atoms with Crippen LogP contribution in [0.4, 0.5) is 0 Å². The summed E-state index contributed by atoms with van der Waals surface area (Å²) in [4.78, 5) is 15.3. The average Bonchev–Trinajstić information content (AvgIpc) is 3.83. The van der Waals surface area contributed by atoms with Crippen LogP contribution in [-0.4, -0.2) is 47.8 Å². The molecule has 7 rings (SSSR count). The second-order valence-corrected chi connectivity index (χ2v) is 16.2. The average molecular weight is 658 g/mol. The number of hydrogen-bond acceptors (Lipinski definition) is 6. The van der Waals surface area contributed by atoms with Gasteiger partial charge in [-0.3, -0.25) is 4.90 Å². The van der Waals surface area contributed by atoms with Gasteiger partial charge in [0.2, 0.25) is 5.76 Å². The van der Waals surface area contributed by atoms with Crippen molar-refractivity contribution < 1.29 is 24.1 Å². The zero-order valence-electron chi connectivity index (χ0n) is 30.0. The number of benzene rings is 1. The van der Waals surface area contributed by atoms with Gasteiger partial charge in [0, 0.05) is 30.5 Å². The van der Waals surface area contributed by atoms with Crippen molar-refractivity contribution in [1.82, 2.24) is 4.90 Å². The minimum absolute atomic E-state index is 0.0238. The van der Waals surface area contributed by atoms with E-state index < -0.39 is 0 Å². The lowest BCUT2D eigenvalue weighted by atomic mass is 9.70. The van der Waals surface area contributed by atoms with Crippen molar-refractivity contribution >= 4 is 5.97 Å².